The van der Waals surface area contributed by atoms with E-state index in [1.54, 1.807) is 49.6 Å². The highest BCUT2D eigenvalue weighted by Gasteiger charge is 2.21. The van der Waals surface area contributed by atoms with Crippen molar-refractivity contribution in [2.24, 2.45) is 0 Å². The number of nitro benzene ring substituents is 1. The third-order valence-corrected chi connectivity index (χ3v) is 6.24. The fourth-order valence-electron chi connectivity index (χ4n) is 4.45. The zero-order valence-electron chi connectivity index (χ0n) is 26.3. The maximum absolute atomic E-state index is 12.3. The molecule has 1 aromatic heterocycles. The lowest BCUT2D eigenvalue weighted by Gasteiger charge is -2.23. The van der Waals surface area contributed by atoms with Crippen molar-refractivity contribution < 1.29 is 43.0 Å². The molecule has 14 nitrogen and oxygen atoms in total. The van der Waals surface area contributed by atoms with E-state index in [2.05, 4.69) is 0 Å². The summed E-state index contributed by atoms with van der Waals surface area (Å²) < 4.78 is 20.3. The zero-order valence-corrected chi connectivity index (χ0v) is 26.3. The fraction of sp³-hybridized carbons (Fsp3) is 0.516. The minimum absolute atomic E-state index is 0.00110. The second kappa shape index (κ2) is 19.8. The molecule has 0 unspecified atom stereocenters. The summed E-state index contributed by atoms with van der Waals surface area (Å²) in [6.45, 7) is 7.01. The number of carbonyl (C=O) groups excluding carboxylic acids is 4. The van der Waals surface area contributed by atoms with E-state index in [0.717, 1.165) is 11.1 Å². The smallest absolute Gasteiger partial charge is 0.320 e. The lowest BCUT2D eigenvalue weighted by molar-refractivity contribution is -0.384. The number of aromatic nitrogens is 1. The molecule has 0 amide bonds. The normalized spacial score (nSPS) is 10.9. The molecule has 45 heavy (non-hydrogen) atoms. The lowest BCUT2D eigenvalue weighted by Crippen LogP contribution is -2.37. The van der Waals surface area contributed by atoms with Crippen molar-refractivity contribution in [1.82, 2.24) is 14.8 Å². The molecule has 2 rings (SSSR count). The van der Waals surface area contributed by atoms with Crippen LogP contribution in [0.15, 0.2) is 36.4 Å². The van der Waals surface area contributed by atoms with Crippen LogP contribution in [0, 0.1) is 10.1 Å². The van der Waals surface area contributed by atoms with Crippen LogP contribution in [0.1, 0.15) is 50.2 Å². The molecule has 0 aliphatic rings. The Morgan fingerprint density at radius 3 is 1.33 bits per heavy atom. The Morgan fingerprint density at radius 1 is 0.644 bits per heavy atom. The van der Waals surface area contributed by atoms with Crippen molar-refractivity contribution >= 4 is 29.6 Å². The van der Waals surface area contributed by atoms with Gasteiger partial charge in [-0.2, -0.15) is 0 Å². The van der Waals surface area contributed by atoms with Crippen LogP contribution in [0.5, 0.6) is 0 Å². The molecule has 1 aromatic carbocycles. The van der Waals surface area contributed by atoms with Gasteiger partial charge in [0.2, 0.25) is 0 Å². The highest BCUT2D eigenvalue weighted by atomic mass is 16.6. The first kappa shape index (κ1) is 36.8. The average molecular weight is 631 g/mol. The van der Waals surface area contributed by atoms with Crippen LogP contribution in [-0.4, -0.2) is 96.2 Å². The Hall–Kier alpha value is -4.43. The Labute approximate surface area is 262 Å². The van der Waals surface area contributed by atoms with Gasteiger partial charge in [-0.25, -0.2) is 0 Å². The van der Waals surface area contributed by atoms with E-state index in [0.29, 0.717) is 24.2 Å². The maximum atomic E-state index is 12.3. The second-order valence-corrected chi connectivity index (χ2v) is 9.89. The highest BCUT2D eigenvalue weighted by molar-refractivity contribution is 5.75. The first-order valence-corrected chi connectivity index (χ1v) is 14.9. The summed E-state index contributed by atoms with van der Waals surface area (Å²) in [5.74, 6) is -2.03. The topological polar surface area (TPSA) is 168 Å². The van der Waals surface area contributed by atoms with Gasteiger partial charge in [-0.05, 0) is 63.8 Å². The minimum atomic E-state index is -0.508. The third kappa shape index (κ3) is 14.3. The summed E-state index contributed by atoms with van der Waals surface area (Å²) in [6.07, 6.45) is 1.09. The van der Waals surface area contributed by atoms with E-state index in [4.69, 9.17) is 23.9 Å². The third-order valence-electron chi connectivity index (χ3n) is 6.24. The summed E-state index contributed by atoms with van der Waals surface area (Å²) in [4.78, 5) is 67.8. The number of ether oxygens (including phenoxy) is 4. The summed E-state index contributed by atoms with van der Waals surface area (Å²) in [7, 11) is 0. The molecule has 1 heterocycles. The number of aryl methyl sites for hydroxylation is 2. The Bertz CT molecular complexity index is 1180. The van der Waals surface area contributed by atoms with E-state index in [9.17, 15) is 29.3 Å². The van der Waals surface area contributed by atoms with Crippen LogP contribution in [-0.2, 0) is 64.1 Å². The van der Waals surface area contributed by atoms with E-state index in [1.807, 2.05) is 12.1 Å². The largest absolute Gasteiger partial charge is 0.465 e. The van der Waals surface area contributed by atoms with Crippen molar-refractivity contribution in [2.45, 2.75) is 53.6 Å². The van der Waals surface area contributed by atoms with Crippen molar-refractivity contribution in [1.29, 1.82) is 0 Å². The van der Waals surface area contributed by atoms with E-state index < -0.39 is 28.8 Å². The highest BCUT2D eigenvalue weighted by Crippen LogP contribution is 2.17. The van der Waals surface area contributed by atoms with Gasteiger partial charge >= 0.3 is 23.9 Å². The number of carbonyl (C=O) groups is 4. The quantitative estimate of drug-likeness (QED) is 0.0907. The van der Waals surface area contributed by atoms with Crippen LogP contribution < -0.4 is 0 Å². The van der Waals surface area contributed by atoms with Crippen LogP contribution in [0.2, 0.25) is 0 Å². The van der Waals surface area contributed by atoms with Crippen molar-refractivity contribution in [2.75, 3.05) is 52.6 Å². The van der Waals surface area contributed by atoms with Gasteiger partial charge in [0.1, 0.15) is 0 Å². The molecule has 0 fully saturated rings. The summed E-state index contributed by atoms with van der Waals surface area (Å²) in [6, 6.07) is 9.98. The zero-order chi connectivity index (χ0) is 33.2. The first-order valence-electron chi connectivity index (χ1n) is 14.9. The number of rotatable bonds is 20. The van der Waals surface area contributed by atoms with Gasteiger partial charge in [-0.15, -0.1) is 0 Å². The molecule has 0 N–H and O–H groups in total. The number of benzene rings is 1. The van der Waals surface area contributed by atoms with E-state index in [-0.39, 0.29) is 71.4 Å². The molecule has 0 saturated carbocycles. The molecule has 0 aliphatic carbocycles. The maximum Gasteiger partial charge on any atom is 0.320 e. The van der Waals surface area contributed by atoms with E-state index >= 15 is 0 Å². The molecule has 0 atom stereocenters. The number of pyridine rings is 1. The van der Waals surface area contributed by atoms with Gasteiger partial charge in [0.05, 0.1) is 68.9 Å². The standard InChI is InChI=1S/C31H42N4O10/c1-5-42-28(36)19-33(20-29(37)43-6-2)17-25-15-24(10-9-23-11-13-27(14-12-23)35(40)41)16-26(32-25)18-34(21-30(38)44-7-3)22-31(39)45-8-4/h11-16H,5-10,17-22H2,1-4H3. The number of non-ortho nitro benzene ring substituents is 1. The molecule has 246 valence electrons. The Balaban J connectivity index is 2.41. The monoisotopic (exact) mass is 630 g/mol. The fourth-order valence-corrected chi connectivity index (χ4v) is 4.45. The van der Waals surface area contributed by atoms with Gasteiger partial charge in [0.25, 0.3) is 5.69 Å². The number of hydrogen-bond donors (Lipinski definition) is 0. The number of nitrogens with zero attached hydrogens (tertiary/aromatic N) is 4. The Morgan fingerprint density at radius 2 is 1.00 bits per heavy atom. The molecule has 0 radical (unpaired) electrons. The van der Waals surface area contributed by atoms with Crippen molar-refractivity contribution in [3.63, 3.8) is 0 Å². The number of nitro groups is 1. The van der Waals surface area contributed by atoms with Crippen LogP contribution >= 0.6 is 0 Å². The van der Waals surface area contributed by atoms with E-state index in [1.165, 1.54) is 12.1 Å². The summed E-state index contributed by atoms with van der Waals surface area (Å²) >= 11 is 0. The van der Waals surface area contributed by atoms with Crippen LogP contribution in [0.3, 0.4) is 0 Å². The predicted molar refractivity (Wildman–Crippen MR) is 162 cm³/mol. The van der Waals surface area contributed by atoms with Crippen LogP contribution in [0.25, 0.3) is 0 Å². The molecule has 0 spiro atoms. The molecule has 0 saturated heterocycles. The molecular formula is C31H42N4O10. The summed E-state index contributed by atoms with van der Waals surface area (Å²) in [5.41, 5.74) is 2.81. The number of hydrogen-bond acceptors (Lipinski definition) is 13. The molecule has 2 aromatic rings. The summed E-state index contributed by atoms with van der Waals surface area (Å²) in [5, 5.41) is 11.0. The minimum Gasteiger partial charge on any atom is -0.465 e. The second-order valence-electron chi connectivity index (χ2n) is 9.89. The van der Waals surface area contributed by atoms with Gasteiger partial charge in [0.15, 0.2) is 0 Å². The Kier molecular flexibility index (Phi) is 16.1. The van der Waals surface area contributed by atoms with Crippen LogP contribution in [0.4, 0.5) is 5.69 Å². The average Bonchev–Trinajstić information content (AvgIpc) is 2.96. The first-order chi connectivity index (χ1) is 21.6. The number of esters is 4. The molecular weight excluding hydrogens is 588 g/mol. The van der Waals surface area contributed by atoms with Crippen molar-refractivity contribution in [3.8, 4) is 0 Å². The van der Waals surface area contributed by atoms with Crippen molar-refractivity contribution in [3.05, 3.63) is 69.0 Å². The lowest BCUT2D eigenvalue weighted by atomic mass is 10.0. The molecule has 0 aliphatic heterocycles. The van der Waals surface area contributed by atoms with Gasteiger partial charge in [-0.1, -0.05) is 12.1 Å². The SMILES string of the molecule is CCOC(=O)CN(CC(=O)OCC)Cc1cc(CCc2ccc([N+](=O)[O-])cc2)cc(CN(CC(=O)OCC)CC(=O)OCC)n1. The molecule has 14 heteroatoms. The van der Waals surface area contributed by atoms with Gasteiger partial charge in [-0.3, -0.25) is 44.1 Å². The van der Waals surface area contributed by atoms with Gasteiger partial charge in [0, 0.05) is 25.2 Å². The van der Waals surface area contributed by atoms with Gasteiger partial charge < -0.3 is 18.9 Å². The predicted octanol–water partition coefficient (Wildman–Crippen LogP) is 2.63. The molecule has 0 bridgehead atoms.